The predicted octanol–water partition coefficient (Wildman–Crippen LogP) is 3.34. The second-order valence-corrected chi connectivity index (χ2v) is 8.68. The maximum Gasteiger partial charge on any atom is 0.225 e. The fourth-order valence-corrected chi connectivity index (χ4v) is 4.71. The Hall–Kier alpha value is -2.42. The fourth-order valence-electron chi connectivity index (χ4n) is 4.71. The fraction of sp³-hybridized carbons (Fsp3) is 0.565. The van der Waals surface area contributed by atoms with Gasteiger partial charge in [0.15, 0.2) is 0 Å². The first-order chi connectivity index (χ1) is 14.9. The molecular weight excluding hydrogens is 396 g/mol. The quantitative estimate of drug-likeness (QED) is 0.536. The standard InChI is InChI=1S/C23H32N4O4/c1-13-23(14(2)31-27-13)15-4-8-19(24-16-5-7-18(11-16)30-3)20(10-15)26-22(29)12-17-6-9-21(28)25-17/h4,8,10,16-18,21,24-25,28H,5-7,9,11-12H2,1-3H3,(H,26,29)/t16-,17+,18-,21?/m1/s1. The molecule has 8 nitrogen and oxygen atoms in total. The van der Waals surface area contributed by atoms with E-state index in [0.29, 0.717) is 18.9 Å². The Bertz CT molecular complexity index is 909. The molecule has 0 spiro atoms. The summed E-state index contributed by atoms with van der Waals surface area (Å²) < 4.78 is 10.8. The number of hydrogen-bond acceptors (Lipinski definition) is 7. The molecule has 2 fully saturated rings. The molecule has 1 unspecified atom stereocenters. The van der Waals surface area contributed by atoms with Crippen molar-refractivity contribution in [2.45, 2.75) is 76.8 Å². The number of hydrogen-bond donors (Lipinski definition) is 4. The van der Waals surface area contributed by atoms with E-state index in [1.165, 1.54) is 0 Å². The van der Waals surface area contributed by atoms with Crippen LogP contribution in [0.5, 0.6) is 0 Å². The van der Waals surface area contributed by atoms with Gasteiger partial charge in [0.2, 0.25) is 5.91 Å². The van der Waals surface area contributed by atoms with Gasteiger partial charge in [0.05, 0.1) is 23.2 Å². The lowest BCUT2D eigenvalue weighted by molar-refractivity contribution is -0.116. The second-order valence-electron chi connectivity index (χ2n) is 8.68. The summed E-state index contributed by atoms with van der Waals surface area (Å²) >= 11 is 0. The highest BCUT2D eigenvalue weighted by atomic mass is 16.5. The number of methoxy groups -OCH3 is 1. The van der Waals surface area contributed by atoms with E-state index in [9.17, 15) is 9.90 Å². The second kappa shape index (κ2) is 9.38. The number of carbonyl (C=O) groups excluding carboxylic acids is 1. The Morgan fingerprint density at radius 1 is 1.26 bits per heavy atom. The van der Waals surface area contributed by atoms with Crippen LogP contribution in [0.3, 0.4) is 0 Å². The first kappa shape index (κ1) is 21.8. The highest BCUT2D eigenvalue weighted by molar-refractivity contribution is 5.96. The molecule has 1 aliphatic carbocycles. The van der Waals surface area contributed by atoms with Gasteiger partial charge in [-0.15, -0.1) is 0 Å². The first-order valence-corrected chi connectivity index (χ1v) is 11.0. The van der Waals surface area contributed by atoms with Crippen molar-refractivity contribution >= 4 is 17.3 Å². The number of anilines is 2. The number of nitrogens with zero attached hydrogens (tertiary/aromatic N) is 1. The summed E-state index contributed by atoms with van der Waals surface area (Å²) in [5.41, 5.74) is 4.35. The molecule has 8 heteroatoms. The molecule has 31 heavy (non-hydrogen) atoms. The van der Waals surface area contributed by atoms with Gasteiger partial charge >= 0.3 is 0 Å². The number of carbonyl (C=O) groups is 1. The van der Waals surface area contributed by atoms with Crippen molar-refractivity contribution in [3.63, 3.8) is 0 Å². The molecule has 4 rings (SSSR count). The van der Waals surface area contributed by atoms with E-state index < -0.39 is 6.23 Å². The molecule has 2 aromatic rings. The van der Waals surface area contributed by atoms with Gasteiger partial charge < -0.3 is 25.0 Å². The number of rotatable bonds is 7. The van der Waals surface area contributed by atoms with Crippen LogP contribution in [-0.4, -0.2) is 47.7 Å². The number of aliphatic hydroxyl groups excluding tert-OH is 1. The van der Waals surface area contributed by atoms with Crippen molar-refractivity contribution in [2.75, 3.05) is 17.7 Å². The Morgan fingerprint density at radius 3 is 2.74 bits per heavy atom. The maximum atomic E-state index is 12.8. The van der Waals surface area contributed by atoms with Crippen molar-refractivity contribution in [3.05, 3.63) is 29.7 Å². The smallest absolute Gasteiger partial charge is 0.225 e. The Labute approximate surface area is 182 Å². The molecule has 168 valence electrons. The number of nitrogens with one attached hydrogen (secondary N) is 3. The van der Waals surface area contributed by atoms with Crippen LogP contribution in [0.25, 0.3) is 11.1 Å². The molecule has 4 N–H and O–H groups in total. The zero-order valence-corrected chi connectivity index (χ0v) is 18.4. The molecule has 0 radical (unpaired) electrons. The van der Waals surface area contributed by atoms with Crippen molar-refractivity contribution < 1.29 is 19.2 Å². The average Bonchev–Trinajstić information content (AvgIpc) is 3.44. The van der Waals surface area contributed by atoms with E-state index in [0.717, 1.165) is 59.6 Å². The van der Waals surface area contributed by atoms with Crippen LogP contribution in [-0.2, 0) is 9.53 Å². The van der Waals surface area contributed by atoms with Gasteiger partial charge in [-0.05, 0) is 63.6 Å². The largest absolute Gasteiger partial charge is 0.381 e. The SMILES string of the molecule is CO[C@@H]1CC[C@@H](Nc2ccc(-c3c(C)noc3C)cc2NC(=O)C[C@@H]2CCC(O)N2)C1. The van der Waals surface area contributed by atoms with E-state index in [2.05, 4.69) is 21.1 Å². The van der Waals surface area contributed by atoms with Crippen LogP contribution < -0.4 is 16.0 Å². The van der Waals surface area contributed by atoms with Crippen LogP contribution in [0.15, 0.2) is 22.7 Å². The van der Waals surface area contributed by atoms with Gasteiger partial charge in [0.1, 0.15) is 12.0 Å². The summed E-state index contributed by atoms with van der Waals surface area (Å²) in [5, 5.41) is 23.4. The molecular formula is C23H32N4O4. The highest BCUT2D eigenvalue weighted by Crippen LogP contribution is 2.35. The molecule has 1 amide bonds. The minimum atomic E-state index is -0.519. The predicted molar refractivity (Wildman–Crippen MR) is 119 cm³/mol. The Morgan fingerprint density at radius 2 is 2.10 bits per heavy atom. The Balaban J connectivity index is 1.55. The summed E-state index contributed by atoms with van der Waals surface area (Å²) in [6, 6.07) is 6.31. The molecule has 1 aromatic heterocycles. The third kappa shape index (κ3) is 5.08. The van der Waals surface area contributed by atoms with Crippen molar-refractivity contribution in [1.82, 2.24) is 10.5 Å². The zero-order chi connectivity index (χ0) is 22.0. The van der Waals surface area contributed by atoms with Gasteiger partial charge in [-0.2, -0.15) is 0 Å². The molecule has 1 saturated heterocycles. The van der Waals surface area contributed by atoms with Crippen molar-refractivity contribution in [3.8, 4) is 11.1 Å². The van der Waals surface area contributed by atoms with Crippen molar-refractivity contribution in [2.24, 2.45) is 0 Å². The molecule has 1 aromatic carbocycles. The number of aliphatic hydroxyl groups is 1. The summed E-state index contributed by atoms with van der Waals surface area (Å²) in [4.78, 5) is 12.8. The molecule has 4 atom stereocenters. The first-order valence-electron chi connectivity index (χ1n) is 11.0. The number of ether oxygens (including phenoxy) is 1. The van der Waals surface area contributed by atoms with E-state index in [1.54, 1.807) is 7.11 Å². The molecule has 2 aliphatic rings. The molecule has 1 aliphatic heterocycles. The van der Waals surface area contributed by atoms with Gasteiger partial charge in [-0.1, -0.05) is 11.2 Å². The van der Waals surface area contributed by atoms with Gasteiger partial charge in [-0.25, -0.2) is 0 Å². The van der Waals surface area contributed by atoms with Gasteiger partial charge in [0.25, 0.3) is 0 Å². The van der Waals surface area contributed by atoms with Crippen LogP contribution >= 0.6 is 0 Å². The van der Waals surface area contributed by atoms with Crippen molar-refractivity contribution in [1.29, 1.82) is 0 Å². The number of amides is 1. The van der Waals surface area contributed by atoms with Crippen LogP contribution in [0.4, 0.5) is 11.4 Å². The normalized spacial score (nSPS) is 25.7. The van der Waals surface area contributed by atoms with Gasteiger partial charge in [0, 0.05) is 31.2 Å². The third-order valence-corrected chi connectivity index (χ3v) is 6.34. The molecule has 0 bridgehead atoms. The molecule has 1 saturated carbocycles. The van der Waals surface area contributed by atoms with Crippen LogP contribution in [0.1, 0.15) is 50.0 Å². The summed E-state index contributed by atoms with van der Waals surface area (Å²) in [5.74, 6) is 0.671. The minimum absolute atomic E-state index is 0.00514. The van der Waals surface area contributed by atoms with Crippen LogP contribution in [0.2, 0.25) is 0 Å². The number of aryl methyl sites for hydroxylation is 2. The zero-order valence-electron chi connectivity index (χ0n) is 18.4. The van der Waals surface area contributed by atoms with E-state index in [4.69, 9.17) is 9.26 Å². The maximum absolute atomic E-state index is 12.8. The third-order valence-electron chi connectivity index (χ3n) is 6.34. The number of aromatic nitrogens is 1. The summed E-state index contributed by atoms with van der Waals surface area (Å²) in [6.45, 7) is 3.80. The minimum Gasteiger partial charge on any atom is -0.381 e. The topological polar surface area (TPSA) is 109 Å². The van der Waals surface area contributed by atoms with E-state index in [-0.39, 0.29) is 18.1 Å². The van der Waals surface area contributed by atoms with Gasteiger partial charge in [-0.3, -0.25) is 10.1 Å². The van der Waals surface area contributed by atoms with Crippen LogP contribution in [0, 0.1) is 13.8 Å². The monoisotopic (exact) mass is 428 g/mol. The lowest BCUT2D eigenvalue weighted by Gasteiger charge is -2.20. The average molecular weight is 429 g/mol. The summed E-state index contributed by atoms with van der Waals surface area (Å²) in [7, 11) is 1.76. The van der Waals surface area contributed by atoms with E-state index >= 15 is 0 Å². The summed E-state index contributed by atoms with van der Waals surface area (Å²) in [6.07, 6.45) is 4.55. The Kier molecular flexibility index (Phi) is 6.60. The highest BCUT2D eigenvalue weighted by Gasteiger charge is 2.26. The lowest BCUT2D eigenvalue weighted by atomic mass is 10.0. The molecule has 2 heterocycles. The lowest BCUT2D eigenvalue weighted by Crippen LogP contribution is -2.32. The number of benzene rings is 1. The van der Waals surface area contributed by atoms with E-state index in [1.807, 2.05) is 32.0 Å².